The summed E-state index contributed by atoms with van der Waals surface area (Å²) in [6.45, 7) is 0.834. The van der Waals surface area contributed by atoms with Crippen molar-refractivity contribution in [2.75, 3.05) is 16.8 Å². The zero-order chi connectivity index (χ0) is 16.5. The summed E-state index contributed by atoms with van der Waals surface area (Å²) in [5, 5.41) is 2.87. The monoisotopic (exact) mass is 324 g/mol. The quantitative estimate of drug-likeness (QED) is 0.784. The predicted octanol–water partition coefficient (Wildman–Crippen LogP) is 4.19. The zero-order valence-corrected chi connectivity index (χ0v) is 12.7. The minimum absolute atomic E-state index is 0.169. The molecule has 2 aromatic carbocycles. The third-order valence-corrected chi connectivity index (χ3v) is 4.01. The number of fused-ring (bicyclic) bond motifs is 1. The lowest BCUT2D eigenvalue weighted by molar-refractivity contribution is 0.586. The fraction of sp³-hybridized carbons (Fsp3) is 0.111. The van der Waals surface area contributed by atoms with Crippen LogP contribution in [0.15, 0.2) is 54.9 Å². The first-order valence-corrected chi connectivity index (χ1v) is 7.60. The van der Waals surface area contributed by atoms with Crippen LogP contribution in [0.25, 0.3) is 0 Å². The van der Waals surface area contributed by atoms with E-state index in [0.29, 0.717) is 5.82 Å². The van der Waals surface area contributed by atoms with Gasteiger partial charge in [-0.1, -0.05) is 18.2 Å². The smallest absolute Gasteiger partial charge is 0.149 e. The Balaban J connectivity index is 1.63. The molecule has 0 radical (unpaired) electrons. The van der Waals surface area contributed by atoms with Gasteiger partial charge < -0.3 is 10.2 Å². The van der Waals surface area contributed by atoms with Crippen LogP contribution < -0.4 is 10.2 Å². The molecule has 1 N–H and O–H groups in total. The molecule has 1 aliphatic heterocycles. The van der Waals surface area contributed by atoms with Gasteiger partial charge in [0.2, 0.25) is 0 Å². The van der Waals surface area contributed by atoms with Gasteiger partial charge in [0.15, 0.2) is 0 Å². The van der Waals surface area contributed by atoms with Gasteiger partial charge in [-0.25, -0.2) is 18.7 Å². The summed E-state index contributed by atoms with van der Waals surface area (Å²) in [5.74, 6) is -0.0911. The largest absolute Gasteiger partial charge is 0.338 e. The number of hydrogen-bond donors (Lipinski definition) is 1. The van der Waals surface area contributed by atoms with E-state index in [0.717, 1.165) is 30.5 Å². The average Bonchev–Trinajstić information content (AvgIpc) is 3.02. The second kappa shape index (κ2) is 5.88. The minimum atomic E-state index is -0.665. The first-order chi connectivity index (χ1) is 11.7. The lowest BCUT2D eigenvalue weighted by Crippen LogP contribution is -2.15. The standard InChI is InChI=1S/C18H14F2N4/c19-13-5-6-15(14(20)9-13)23-17-10-18(22-11-21-17)24-8-7-12-3-1-2-4-16(12)24/h1-6,9-11H,7-8H2,(H,21,22,23). The van der Waals surface area contributed by atoms with Gasteiger partial charge in [-0.15, -0.1) is 0 Å². The van der Waals surface area contributed by atoms with E-state index in [4.69, 9.17) is 0 Å². The molecule has 0 atom stereocenters. The van der Waals surface area contributed by atoms with Crippen molar-refractivity contribution in [3.8, 4) is 0 Å². The molecule has 3 aromatic rings. The topological polar surface area (TPSA) is 41.0 Å². The summed E-state index contributed by atoms with van der Waals surface area (Å²) in [7, 11) is 0. The van der Waals surface area contributed by atoms with E-state index in [2.05, 4.69) is 32.3 Å². The highest BCUT2D eigenvalue weighted by Crippen LogP contribution is 2.33. The molecule has 0 saturated heterocycles. The summed E-state index contributed by atoms with van der Waals surface area (Å²) >= 11 is 0. The van der Waals surface area contributed by atoms with Crippen LogP contribution in [0.4, 0.5) is 31.8 Å². The van der Waals surface area contributed by atoms with Crippen molar-refractivity contribution in [3.05, 3.63) is 72.1 Å². The molecule has 0 bridgehead atoms. The maximum absolute atomic E-state index is 13.8. The molecule has 0 saturated carbocycles. The predicted molar refractivity (Wildman–Crippen MR) is 88.8 cm³/mol. The van der Waals surface area contributed by atoms with Crippen molar-refractivity contribution >= 4 is 23.0 Å². The summed E-state index contributed by atoms with van der Waals surface area (Å²) < 4.78 is 26.8. The van der Waals surface area contributed by atoms with Crippen LogP contribution >= 0.6 is 0 Å². The van der Waals surface area contributed by atoms with Crippen molar-refractivity contribution in [2.24, 2.45) is 0 Å². The van der Waals surface area contributed by atoms with Crippen LogP contribution in [0.2, 0.25) is 0 Å². The van der Waals surface area contributed by atoms with Crippen molar-refractivity contribution in [1.29, 1.82) is 0 Å². The molecule has 0 amide bonds. The molecular weight excluding hydrogens is 310 g/mol. The maximum Gasteiger partial charge on any atom is 0.149 e. The van der Waals surface area contributed by atoms with Gasteiger partial charge in [0, 0.05) is 24.4 Å². The van der Waals surface area contributed by atoms with E-state index in [1.165, 1.54) is 24.0 Å². The van der Waals surface area contributed by atoms with E-state index in [1.807, 2.05) is 12.1 Å². The van der Waals surface area contributed by atoms with Crippen LogP contribution in [0, 0.1) is 11.6 Å². The number of benzene rings is 2. The molecule has 1 aliphatic rings. The Morgan fingerprint density at radius 3 is 2.75 bits per heavy atom. The van der Waals surface area contributed by atoms with Crippen LogP contribution in [0.3, 0.4) is 0 Å². The lowest BCUT2D eigenvalue weighted by Gasteiger charge is -2.18. The maximum atomic E-state index is 13.8. The Labute approximate surface area is 137 Å². The highest BCUT2D eigenvalue weighted by molar-refractivity contribution is 5.69. The molecule has 120 valence electrons. The number of nitrogens with zero attached hydrogens (tertiary/aromatic N) is 3. The van der Waals surface area contributed by atoms with Crippen molar-refractivity contribution in [3.63, 3.8) is 0 Å². The van der Waals surface area contributed by atoms with Crippen LogP contribution in [-0.4, -0.2) is 16.5 Å². The molecule has 24 heavy (non-hydrogen) atoms. The van der Waals surface area contributed by atoms with E-state index >= 15 is 0 Å². The summed E-state index contributed by atoms with van der Waals surface area (Å²) in [6, 6.07) is 13.3. The number of hydrogen-bond acceptors (Lipinski definition) is 4. The Kier molecular flexibility index (Phi) is 3.57. The van der Waals surface area contributed by atoms with E-state index in [1.54, 1.807) is 6.07 Å². The van der Waals surface area contributed by atoms with Gasteiger partial charge in [-0.3, -0.25) is 0 Å². The Morgan fingerprint density at radius 2 is 1.88 bits per heavy atom. The number of anilines is 4. The first kappa shape index (κ1) is 14.6. The normalized spacial score (nSPS) is 13.0. The third kappa shape index (κ3) is 2.67. The van der Waals surface area contributed by atoms with Crippen LogP contribution in [0.5, 0.6) is 0 Å². The van der Waals surface area contributed by atoms with Gasteiger partial charge in [0.1, 0.15) is 29.6 Å². The van der Waals surface area contributed by atoms with E-state index < -0.39 is 11.6 Å². The van der Waals surface area contributed by atoms with Crippen molar-refractivity contribution < 1.29 is 8.78 Å². The average molecular weight is 324 g/mol. The molecule has 0 fully saturated rings. The summed E-state index contributed by atoms with van der Waals surface area (Å²) in [6.07, 6.45) is 2.38. The van der Waals surface area contributed by atoms with Gasteiger partial charge in [0.25, 0.3) is 0 Å². The molecular formula is C18H14F2N4. The lowest BCUT2D eigenvalue weighted by atomic mass is 10.2. The number of rotatable bonds is 3. The molecule has 0 aliphatic carbocycles. The number of para-hydroxylation sites is 1. The van der Waals surface area contributed by atoms with Gasteiger partial charge in [-0.05, 0) is 30.2 Å². The molecule has 4 rings (SSSR count). The SMILES string of the molecule is Fc1ccc(Nc2cc(N3CCc4ccccc43)ncn2)c(F)c1. The summed E-state index contributed by atoms with van der Waals surface area (Å²) in [4.78, 5) is 10.5. The van der Waals surface area contributed by atoms with Crippen molar-refractivity contribution in [1.82, 2.24) is 9.97 Å². The second-order valence-corrected chi connectivity index (χ2v) is 5.54. The molecule has 0 unspecified atom stereocenters. The molecule has 0 spiro atoms. The molecule has 1 aromatic heterocycles. The van der Waals surface area contributed by atoms with Gasteiger partial charge in [0.05, 0.1) is 5.69 Å². The number of aromatic nitrogens is 2. The third-order valence-electron chi connectivity index (χ3n) is 4.01. The first-order valence-electron chi connectivity index (χ1n) is 7.60. The summed E-state index contributed by atoms with van der Waals surface area (Å²) in [5.41, 5.74) is 2.56. The fourth-order valence-corrected chi connectivity index (χ4v) is 2.87. The molecule has 2 heterocycles. The van der Waals surface area contributed by atoms with Gasteiger partial charge >= 0.3 is 0 Å². The zero-order valence-electron chi connectivity index (χ0n) is 12.7. The Morgan fingerprint density at radius 1 is 1.00 bits per heavy atom. The Hall–Kier alpha value is -3.02. The second-order valence-electron chi connectivity index (χ2n) is 5.54. The number of nitrogens with one attached hydrogen (secondary N) is 1. The van der Waals surface area contributed by atoms with E-state index in [9.17, 15) is 8.78 Å². The fourth-order valence-electron chi connectivity index (χ4n) is 2.87. The molecule has 4 nitrogen and oxygen atoms in total. The van der Waals surface area contributed by atoms with Crippen molar-refractivity contribution in [2.45, 2.75) is 6.42 Å². The van der Waals surface area contributed by atoms with Gasteiger partial charge in [-0.2, -0.15) is 0 Å². The Bertz CT molecular complexity index is 898. The highest BCUT2D eigenvalue weighted by atomic mass is 19.1. The highest BCUT2D eigenvalue weighted by Gasteiger charge is 2.21. The molecule has 6 heteroatoms. The number of halogens is 2. The van der Waals surface area contributed by atoms with Crippen LogP contribution in [-0.2, 0) is 6.42 Å². The van der Waals surface area contributed by atoms with E-state index in [-0.39, 0.29) is 5.69 Å². The van der Waals surface area contributed by atoms with Crippen LogP contribution in [0.1, 0.15) is 5.56 Å². The minimum Gasteiger partial charge on any atom is -0.338 e.